The molecule has 0 heterocycles. The summed E-state index contributed by atoms with van der Waals surface area (Å²) in [5, 5.41) is 14.4. The number of anilines is 1. The largest absolute Gasteiger partial charge is 0.388 e. The number of amides is 2. The average Bonchev–Trinajstić information content (AvgIpc) is 2.73. The van der Waals surface area contributed by atoms with Crippen molar-refractivity contribution in [2.75, 3.05) is 11.9 Å². The molecule has 0 bridgehead atoms. The molecule has 0 unspecified atom stereocenters. The number of aliphatic hydroxyl groups is 1. The summed E-state index contributed by atoms with van der Waals surface area (Å²) in [4.78, 5) is 23.5. The molecule has 0 aromatic heterocycles. The number of benzene rings is 1. The molecule has 1 fully saturated rings. The van der Waals surface area contributed by atoms with Crippen LogP contribution in [0.3, 0.4) is 0 Å². The van der Waals surface area contributed by atoms with Gasteiger partial charge in [0, 0.05) is 18.7 Å². The van der Waals surface area contributed by atoms with Gasteiger partial charge in [0.2, 0.25) is 0 Å². The van der Waals surface area contributed by atoms with Gasteiger partial charge < -0.3 is 15.7 Å². The second-order valence-corrected chi connectivity index (χ2v) is 6.02. The zero-order valence-electron chi connectivity index (χ0n) is 13.0. The van der Waals surface area contributed by atoms with Crippen LogP contribution in [0.5, 0.6) is 0 Å². The van der Waals surface area contributed by atoms with Crippen molar-refractivity contribution in [2.24, 2.45) is 0 Å². The van der Waals surface area contributed by atoms with Crippen LogP contribution in [0, 0.1) is 17.5 Å². The molecule has 1 aliphatic carbocycles. The van der Waals surface area contributed by atoms with E-state index < -0.39 is 40.6 Å². The van der Waals surface area contributed by atoms with E-state index in [1.165, 1.54) is 0 Å². The van der Waals surface area contributed by atoms with Crippen LogP contribution in [-0.4, -0.2) is 29.1 Å². The molecule has 0 radical (unpaired) electrons. The molecular formula is C16H19F3N2O3. The molecule has 3 N–H and O–H groups in total. The van der Waals surface area contributed by atoms with E-state index in [0.717, 1.165) is 25.7 Å². The van der Waals surface area contributed by atoms with Crippen LogP contribution < -0.4 is 10.6 Å². The molecule has 2 amide bonds. The number of hydrogen-bond donors (Lipinski definition) is 3. The van der Waals surface area contributed by atoms with E-state index in [1.807, 2.05) is 0 Å². The second kappa shape index (κ2) is 7.65. The van der Waals surface area contributed by atoms with E-state index in [4.69, 9.17) is 0 Å². The summed E-state index contributed by atoms with van der Waals surface area (Å²) in [6.45, 7) is -0.117. The van der Waals surface area contributed by atoms with Crippen molar-refractivity contribution < 1.29 is 27.9 Å². The molecule has 1 aromatic rings. The van der Waals surface area contributed by atoms with Crippen molar-refractivity contribution in [2.45, 2.75) is 44.1 Å². The quantitative estimate of drug-likeness (QED) is 0.581. The minimum atomic E-state index is -1.32. The predicted octanol–water partition coefficient (Wildman–Crippen LogP) is 2.24. The first-order chi connectivity index (χ1) is 11.3. The van der Waals surface area contributed by atoms with Crippen LogP contribution >= 0.6 is 0 Å². The van der Waals surface area contributed by atoms with Crippen molar-refractivity contribution in [3.8, 4) is 0 Å². The van der Waals surface area contributed by atoms with Gasteiger partial charge in [-0.05, 0) is 12.8 Å². The van der Waals surface area contributed by atoms with Crippen molar-refractivity contribution >= 4 is 17.5 Å². The highest BCUT2D eigenvalue weighted by atomic mass is 19.1. The fraction of sp³-hybridized carbons (Fsp3) is 0.500. The number of rotatable bonds is 3. The lowest BCUT2D eigenvalue weighted by Gasteiger charge is -2.26. The van der Waals surface area contributed by atoms with Gasteiger partial charge in [-0.15, -0.1) is 0 Å². The molecule has 0 aliphatic heterocycles. The van der Waals surface area contributed by atoms with Crippen molar-refractivity contribution in [3.05, 3.63) is 29.6 Å². The minimum Gasteiger partial charge on any atom is -0.388 e. The van der Waals surface area contributed by atoms with Gasteiger partial charge in [0.25, 0.3) is 0 Å². The van der Waals surface area contributed by atoms with Gasteiger partial charge in [-0.25, -0.2) is 13.2 Å². The molecule has 8 heteroatoms. The molecule has 0 saturated heterocycles. The van der Waals surface area contributed by atoms with E-state index in [2.05, 4.69) is 5.32 Å². The number of carbonyl (C=O) groups is 2. The smallest absolute Gasteiger partial charge is 0.313 e. The number of carbonyl (C=O) groups excluding carboxylic acids is 2. The number of halogens is 3. The van der Waals surface area contributed by atoms with Crippen LogP contribution in [-0.2, 0) is 9.59 Å². The number of hydrogen-bond acceptors (Lipinski definition) is 3. The molecule has 0 spiro atoms. The highest BCUT2D eigenvalue weighted by Gasteiger charge is 2.29. The Hall–Kier alpha value is -2.09. The van der Waals surface area contributed by atoms with Crippen molar-refractivity contribution in [1.82, 2.24) is 5.32 Å². The van der Waals surface area contributed by atoms with Gasteiger partial charge in [-0.2, -0.15) is 0 Å². The second-order valence-electron chi connectivity index (χ2n) is 6.02. The lowest BCUT2D eigenvalue weighted by atomic mass is 9.94. The van der Waals surface area contributed by atoms with Gasteiger partial charge in [0.15, 0.2) is 11.6 Å². The third-order valence-electron chi connectivity index (χ3n) is 4.06. The highest BCUT2D eigenvalue weighted by molar-refractivity contribution is 6.39. The summed E-state index contributed by atoms with van der Waals surface area (Å²) in [7, 11) is 0. The van der Waals surface area contributed by atoms with Crippen LogP contribution in [0.25, 0.3) is 0 Å². The molecule has 1 aromatic carbocycles. The summed E-state index contributed by atoms with van der Waals surface area (Å²) in [6.07, 6.45) is 4.67. The highest BCUT2D eigenvalue weighted by Crippen LogP contribution is 2.26. The number of nitrogens with one attached hydrogen (secondary N) is 2. The summed E-state index contributed by atoms with van der Waals surface area (Å²) < 4.78 is 39.7. The SMILES string of the molecule is O=C(NCC1(O)CCCCCC1)C(=O)Nc1c(F)cc(F)cc1F. The first-order valence-electron chi connectivity index (χ1n) is 7.77. The lowest BCUT2D eigenvalue weighted by molar-refractivity contribution is -0.137. The summed E-state index contributed by atoms with van der Waals surface area (Å²) in [5.74, 6) is -6.21. The molecule has 132 valence electrons. The molecule has 24 heavy (non-hydrogen) atoms. The summed E-state index contributed by atoms with van der Waals surface area (Å²) in [6, 6.07) is 0.787. The van der Waals surface area contributed by atoms with Gasteiger partial charge >= 0.3 is 11.8 Å². The Labute approximate surface area is 137 Å². The average molecular weight is 344 g/mol. The fourth-order valence-electron chi connectivity index (χ4n) is 2.72. The maximum atomic E-state index is 13.5. The predicted molar refractivity (Wildman–Crippen MR) is 80.6 cm³/mol. The van der Waals surface area contributed by atoms with Crippen molar-refractivity contribution in [3.63, 3.8) is 0 Å². The monoisotopic (exact) mass is 344 g/mol. The zero-order chi connectivity index (χ0) is 17.7. The van der Waals surface area contributed by atoms with E-state index in [0.29, 0.717) is 25.0 Å². The fourth-order valence-corrected chi connectivity index (χ4v) is 2.72. The normalized spacial score (nSPS) is 17.0. The first kappa shape index (κ1) is 18.3. The summed E-state index contributed by atoms with van der Waals surface area (Å²) in [5.41, 5.74) is -1.98. The maximum absolute atomic E-state index is 13.5. The van der Waals surface area contributed by atoms with Gasteiger partial charge in [0.1, 0.15) is 11.5 Å². The van der Waals surface area contributed by atoms with Crippen LogP contribution in [0.4, 0.5) is 18.9 Å². The van der Waals surface area contributed by atoms with Crippen LogP contribution in [0.2, 0.25) is 0 Å². The topological polar surface area (TPSA) is 78.4 Å². The zero-order valence-corrected chi connectivity index (χ0v) is 13.0. The Morgan fingerprint density at radius 2 is 1.54 bits per heavy atom. The van der Waals surface area contributed by atoms with E-state index in [9.17, 15) is 27.9 Å². The minimum absolute atomic E-state index is 0.117. The van der Waals surface area contributed by atoms with Gasteiger partial charge in [0.05, 0.1) is 5.60 Å². The third-order valence-corrected chi connectivity index (χ3v) is 4.06. The first-order valence-corrected chi connectivity index (χ1v) is 7.77. The standard InChI is InChI=1S/C16H19F3N2O3/c17-10-7-11(18)13(12(19)8-10)21-15(23)14(22)20-9-16(24)5-3-1-2-4-6-16/h7-8,24H,1-6,9H2,(H,20,22)(H,21,23). The van der Waals surface area contributed by atoms with Gasteiger partial charge in [-0.1, -0.05) is 25.7 Å². The maximum Gasteiger partial charge on any atom is 0.313 e. The summed E-state index contributed by atoms with van der Waals surface area (Å²) >= 11 is 0. The van der Waals surface area contributed by atoms with Crippen LogP contribution in [0.1, 0.15) is 38.5 Å². The Morgan fingerprint density at radius 1 is 1.00 bits per heavy atom. The Morgan fingerprint density at radius 3 is 2.08 bits per heavy atom. The van der Waals surface area contributed by atoms with E-state index >= 15 is 0 Å². The third kappa shape index (κ3) is 4.70. The molecular weight excluding hydrogens is 325 g/mol. The van der Waals surface area contributed by atoms with Crippen molar-refractivity contribution in [1.29, 1.82) is 0 Å². The Kier molecular flexibility index (Phi) is 5.82. The lowest BCUT2D eigenvalue weighted by Crippen LogP contribution is -2.46. The molecule has 1 saturated carbocycles. The molecule has 2 rings (SSSR count). The van der Waals surface area contributed by atoms with Crippen LogP contribution in [0.15, 0.2) is 12.1 Å². The Bertz CT molecular complexity index is 606. The molecule has 0 atom stereocenters. The van der Waals surface area contributed by atoms with Gasteiger partial charge in [-0.3, -0.25) is 9.59 Å². The molecule has 1 aliphatic rings. The molecule has 5 nitrogen and oxygen atoms in total. The van der Waals surface area contributed by atoms with E-state index in [1.54, 1.807) is 5.32 Å². The Balaban J connectivity index is 1.94. The van der Waals surface area contributed by atoms with E-state index in [-0.39, 0.29) is 6.54 Å².